The molecule has 3 N–H and O–H groups in total. The van der Waals surface area contributed by atoms with Gasteiger partial charge in [-0.15, -0.1) is 4.72 Å². The zero-order valence-electron chi connectivity index (χ0n) is 23.8. The topological polar surface area (TPSA) is 138 Å². The van der Waals surface area contributed by atoms with Gasteiger partial charge in [0.05, 0.1) is 30.0 Å². The van der Waals surface area contributed by atoms with E-state index in [1.54, 1.807) is 24.3 Å². The van der Waals surface area contributed by atoms with Gasteiger partial charge in [-0.2, -0.15) is 5.26 Å². The first-order chi connectivity index (χ1) is 19.4. The van der Waals surface area contributed by atoms with E-state index in [9.17, 15) is 24.5 Å². The van der Waals surface area contributed by atoms with E-state index in [1.807, 2.05) is 26.8 Å². The van der Waals surface area contributed by atoms with Crippen molar-refractivity contribution < 1.29 is 28.4 Å². The smallest absolute Gasteiger partial charge is 0.408 e. The van der Waals surface area contributed by atoms with Gasteiger partial charge in [-0.3, -0.25) is 9.69 Å². The number of rotatable bonds is 10. The van der Waals surface area contributed by atoms with Crippen LogP contribution < -0.4 is 10.0 Å². The molecule has 0 radical (unpaired) electrons. The number of nitrogens with one attached hydrogen (secondary N) is 2. The number of nitrogens with zero attached hydrogens (tertiary/aromatic N) is 2. The van der Waals surface area contributed by atoms with Crippen LogP contribution in [-0.4, -0.2) is 57.1 Å². The number of benzene rings is 2. The molecule has 1 aliphatic carbocycles. The average molecular weight is 585 g/mol. The van der Waals surface area contributed by atoms with Gasteiger partial charge in [-0.25, -0.2) is 9.18 Å². The Kier molecular flexibility index (Phi) is 9.29. The molecule has 0 bridgehead atoms. The van der Waals surface area contributed by atoms with Gasteiger partial charge >= 0.3 is 6.09 Å². The number of carbonyl (C=O) groups is 2. The van der Waals surface area contributed by atoms with Gasteiger partial charge in [-0.05, 0) is 74.9 Å². The van der Waals surface area contributed by atoms with Crippen LogP contribution in [-0.2, 0) is 26.4 Å². The van der Waals surface area contributed by atoms with E-state index in [0.717, 1.165) is 24.2 Å². The first-order valence-corrected chi connectivity index (χ1v) is 14.9. The third-order valence-corrected chi connectivity index (χ3v) is 9.44. The number of ether oxygens (including phenoxy) is 1. The summed E-state index contributed by atoms with van der Waals surface area (Å²) in [7, 11) is 1.45. The fraction of sp³-hybridized carbons (Fsp3) is 0.500. The molecule has 220 valence electrons. The Morgan fingerprint density at radius 3 is 2.54 bits per heavy atom. The summed E-state index contributed by atoms with van der Waals surface area (Å²) in [5.74, 6) is -0.829. The lowest BCUT2D eigenvalue weighted by atomic mass is 9.79. The van der Waals surface area contributed by atoms with Gasteiger partial charge in [0.15, 0.2) is 0 Å². The predicted octanol–water partition coefficient (Wildman–Crippen LogP) is 4.89. The van der Waals surface area contributed by atoms with Crippen LogP contribution in [0.4, 0.5) is 14.9 Å². The predicted molar refractivity (Wildman–Crippen MR) is 154 cm³/mol. The van der Waals surface area contributed by atoms with Crippen LogP contribution in [0.5, 0.6) is 0 Å². The van der Waals surface area contributed by atoms with E-state index in [0.29, 0.717) is 29.0 Å². The largest absolute Gasteiger partial charge is 0.598 e. The fourth-order valence-electron chi connectivity index (χ4n) is 5.15. The van der Waals surface area contributed by atoms with Crippen molar-refractivity contribution in [3.63, 3.8) is 0 Å². The van der Waals surface area contributed by atoms with Crippen LogP contribution in [0, 0.1) is 23.1 Å². The lowest BCUT2D eigenvalue weighted by Gasteiger charge is -2.39. The number of likely N-dealkylation sites (tertiary alicyclic amines) is 1. The first kappa shape index (κ1) is 30.8. The lowest BCUT2D eigenvalue weighted by Crippen LogP contribution is -2.52. The summed E-state index contributed by atoms with van der Waals surface area (Å²) in [6.07, 6.45) is 1.99. The molecule has 41 heavy (non-hydrogen) atoms. The third kappa shape index (κ3) is 7.01. The fourth-order valence-corrected chi connectivity index (χ4v) is 6.11. The number of methoxy groups -OCH3 is 1. The summed E-state index contributed by atoms with van der Waals surface area (Å²) in [6, 6.07) is 12.5. The van der Waals surface area contributed by atoms with Crippen LogP contribution in [0.1, 0.15) is 69.6 Å². The standard InChI is InChI=1S/C30H37FN4O5S/c1-29(2,3)41(39)34-30(13-12-19-8-9-19,21-7-5-6-20(14-21)17-32)22-10-11-24(31)25(15-22)33-27(36)26-16-23(40-4)18-35(26)28(37)38/h5-7,10-11,14-15,19,23,26,34H,8-9,12-13,16,18H2,1-4H3,(H,33,36)(H,37,38). The molecule has 2 fully saturated rings. The maximum Gasteiger partial charge on any atom is 0.408 e. The van der Waals surface area contributed by atoms with Gasteiger partial charge in [-0.1, -0.05) is 31.0 Å². The molecule has 2 aromatic carbocycles. The summed E-state index contributed by atoms with van der Waals surface area (Å²) < 4.78 is 36.8. The van der Waals surface area contributed by atoms with Crippen LogP contribution in [0.15, 0.2) is 42.5 Å². The highest BCUT2D eigenvalue weighted by Crippen LogP contribution is 2.43. The van der Waals surface area contributed by atoms with Crippen molar-refractivity contribution in [3.05, 3.63) is 65.0 Å². The van der Waals surface area contributed by atoms with Crippen molar-refractivity contribution >= 4 is 29.0 Å². The highest BCUT2D eigenvalue weighted by molar-refractivity contribution is 7.90. The Labute approximate surface area is 243 Å². The van der Waals surface area contributed by atoms with Crippen molar-refractivity contribution in [2.45, 2.75) is 75.3 Å². The second-order valence-electron chi connectivity index (χ2n) is 11.8. The van der Waals surface area contributed by atoms with Crippen LogP contribution in [0.25, 0.3) is 0 Å². The molecule has 1 saturated carbocycles. The van der Waals surface area contributed by atoms with E-state index in [-0.39, 0.29) is 18.7 Å². The lowest BCUT2D eigenvalue weighted by molar-refractivity contribution is -0.120. The van der Waals surface area contributed by atoms with Crippen LogP contribution >= 0.6 is 0 Å². The van der Waals surface area contributed by atoms with Gasteiger partial charge in [0.2, 0.25) is 5.91 Å². The molecule has 9 nitrogen and oxygen atoms in total. The van der Waals surface area contributed by atoms with E-state index in [4.69, 9.17) is 4.74 Å². The molecule has 1 aliphatic heterocycles. The monoisotopic (exact) mass is 584 g/mol. The number of amides is 2. The van der Waals surface area contributed by atoms with Gasteiger partial charge in [0.25, 0.3) is 0 Å². The number of hydrogen-bond donors (Lipinski definition) is 3. The molecule has 1 saturated heterocycles. The number of halogens is 1. The molecule has 1 heterocycles. The van der Waals surface area contributed by atoms with Crippen LogP contribution in [0.3, 0.4) is 0 Å². The average Bonchev–Trinajstić information content (AvgIpc) is 3.66. The molecule has 4 rings (SSSR count). The Balaban J connectivity index is 1.78. The van der Waals surface area contributed by atoms with Crippen molar-refractivity contribution in [1.82, 2.24) is 9.62 Å². The minimum Gasteiger partial charge on any atom is -0.598 e. The molecular weight excluding hydrogens is 547 g/mol. The molecule has 0 spiro atoms. The molecule has 4 atom stereocenters. The Bertz CT molecular complexity index is 1320. The minimum absolute atomic E-state index is 0.0362. The maximum atomic E-state index is 15.2. The quantitative estimate of drug-likeness (QED) is 0.338. The van der Waals surface area contributed by atoms with E-state index in [1.165, 1.54) is 19.2 Å². The Hall–Kier alpha value is -3.17. The number of carbonyl (C=O) groups excluding carboxylic acids is 1. The first-order valence-electron chi connectivity index (χ1n) is 13.7. The molecular formula is C30H37FN4O5S. The summed E-state index contributed by atoms with van der Waals surface area (Å²) in [5, 5.41) is 21.8. The third-order valence-electron chi connectivity index (χ3n) is 7.79. The normalized spacial score (nSPS) is 21.1. The summed E-state index contributed by atoms with van der Waals surface area (Å²) >= 11 is -1.55. The van der Waals surface area contributed by atoms with E-state index in [2.05, 4.69) is 16.1 Å². The summed E-state index contributed by atoms with van der Waals surface area (Å²) in [5.41, 5.74) is 0.519. The van der Waals surface area contributed by atoms with E-state index < -0.39 is 51.6 Å². The number of nitriles is 1. The highest BCUT2D eigenvalue weighted by atomic mass is 32.2. The molecule has 0 aromatic heterocycles. The van der Waals surface area contributed by atoms with Crippen LogP contribution in [0.2, 0.25) is 0 Å². The van der Waals surface area contributed by atoms with Crippen molar-refractivity contribution in [2.75, 3.05) is 19.0 Å². The minimum atomic E-state index is -1.55. The summed E-state index contributed by atoms with van der Waals surface area (Å²) in [4.78, 5) is 26.0. The number of hydrogen-bond acceptors (Lipinski definition) is 6. The van der Waals surface area contributed by atoms with E-state index >= 15 is 4.39 Å². The Morgan fingerprint density at radius 1 is 1.22 bits per heavy atom. The molecule has 2 amide bonds. The van der Waals surface area contributed by atoms with Gasteiger partial charge in [0.1, 0.15) is 22.1 Å². The van der Waals surface area contributed by atoms with Crippen molar-refractivity contribution in [3.8, 4) is 6.07 Å². The molecule has 4 unspecified atom stereocenters. The number of anilines is 1. The molecule has 11 heteroatoms. The molecule has 2 aliphatic rings. The van der Waals surface area contributed by atoms with Crippen molar-refractivity contribution in [1.29, 1.82) is 5.26 Å². The summed E-state index contributed by atoms with van der Waals surface area (Å²) in [6.45, 7) is 5.60. The zero-order valence-corrected chi connectivity index (χ0v) is 24.6. The van der Waals surface area contributed by atoms with Crippen molar-refractivity contribution in [2.24, 2.45) is 5.92 Å². The highest BCUT2D eigenvalue weighted by Gasteiger charge is 2.44. The van der Waals surface area contributed by atoms with Gasteiger partial charge < -0.3 is 19.7 Å². The second kappa shape index (κ2) is 12.4. The zero-order chi connectivity index (χ0) is 29.9. The Morgan fingerprint density at radius 2 is 1.93 bits per heavy atom. The SMILES string of the molecule is COC1CC(C(=O)Nc2cc(C(CCC3CC3)(N[S+]([O-])C(C)(C)C)c3cccc(C#N)c3)ccc2F)N(C(=O)O)C1. The molecule has 2 aromatic rings. The number of carboxylic acid groups (broad SMARTS) is 1. The second-order valence-corrected chi connectivity index (χ2v) is 13.8. The maximum absolute atomic E-state index is 15.2. The van der Waals surface area contributed by atoms with Gasteiger partial charge in [0, 0.05) is 24.9 Å².